The molecule has 1 fully saturated rings. The Morgan fingerprint density at radius 3 is 2.64 bits per heavy atom. The zero-order valence-electron chi connectivity index (χ0n) is 12.4. The molecule has 1 N–H and O–H groups in total. The van der Waals surface area contributed by atoms with E-state index in [4.69, 9.17) is 4.74 Å². The highest BCUT2D eigenvalue weighted by atomic mass is 32.1. The molecule has 1 aliphatic heterocycles. The van der Waals surface area contributed by atoms with Gasteiger partial charge in [-0.3, -0.25) is 4.79 Å². The summed E-state index contributed by atoms with van der Waals surface area (Å²) in [5, 5.41) is 4.99. The minimum absolute atomic E-state index is 0.0992. The smallest absolute Gasteiger partial charge is 0.225 e. The monoisotopic (exact) mass is 313 g/mol. The molecule has 22 heavy (non-hydrogen) atoms. The molecule has 4 heteroatoms. The Balaban J connectivity index is 1.55. The number of hydrogen-bond acceptors (Lipinski definition) is 3. The van der Waals surface area contributed by atoms with Crippen molar-refractivity contribution in [1.82, 2.24) is 0 Å². The van der Waals surface area contributed by atoms with Crippen molar-refractivity contribution in [3.8, 4) is 5.75 Å². The maximum atomic E-state index is 11.9. The fraction of sp³-hybridized carbons (Fsp3) is 0.389. The van der Waals surface area contributed by atoms with Crippen molar-refractivity contribution in [3.63, 3.8) is 0 Å². The van der Waals surface area contributed by atoms with Crippen LogP contribution in [0.15, 0.2) is 35.7 Å². The van der Waals surface area contributed by atoms with E-state index in [1.54, 1.807) is 11.3 Å². The van der Waals surface area contributed by atoms with Gasteiger partial charge in [0.05, 0.1) is 11.8 Å². The molecule has 1 aromatic heterocycles. The Hall–Kier alpha value is -1.81. The van der Waals surface area contributed by atoms with Crippen LogP contribution in [0.5, 0.6) is 5.75 Å². The van der Waals surface area contributed by atoms with E-state index in [1.165, 1.54) is 36.1 Å². The average Bonchev–Trinajstić information content (AvgIpc) is 3.18. The second-order valence-electron chi connectivity index (χ2n) is 6.10. The molecule has 0 unspecified atom stereocenters. The molecule has 114 valence electrons. The summed E-state index contributed by atoms with van der Waals surface area (Å²) in [4.78, 5) is 13.1. The first-order chi connectivity index (χ1) is 10.8. The number of carbonyl (C=O) groups is 1. The number of nitrogens with one attached hydrogen (secondary N) is 1. The lowest BCUT2D eigenvalue weighted by Crippen LogP contribution is -2.21. The third kappa shape index (κ3) is 2.63. The minimum Gasteiger partial charge on any atom is -0.490 e. The van der Waals surface area contributed by atoms with Crippen molar-refractivity contribution in [3.05, 3.63) is 46.2 Å². The summed E-state index contributed by atoms with van der Waals surface area (Å²) in [5.74, 6) is 1.22. The van der Waals surface area contributed by atoms with Gasteiger partial charge in [-0.15, -0.1) is 11.3 Å². The van der Waals surface area contributed by atoms with Gasteiger partial charge in [0, 0.05) is 17.2 Å². The Morgan fingerprint density at radius 1 is 1.09 bits per heavy atom. The van der Waals surface area contributed by atoms with Crippen LogP contribution in [0.3, 0.4) is 0 Å². The second-order valence-corrected chi connectivity index (χ2v) is 7.04. The molecule has 2 heterocycles. The van der Waals surface area contributed by atoms with Gasteiger partial charge in [0.2, 0.25) is 5.91 Å². The maximum absolute atomic E-state index is 11.9. The Bertz CT molecular complexity index is 671. The number of benzene rings is 1. The van der Waals surface area contributed by atoms with E-state index in [0.29, 0.717) is 12.5 Å². The van der Waals surface area contributed by atoms with Gasteiger partial charge >= 0.3 is 0 Å². The molecular weight excluding hydrogens is 294 g/mol. The fourth-order valence-electron chi connectivity index (χ4n) is 3.42. The van der Waals surface area contributed by atoms with E-state index in [-0.39, 0.29) is 11.8 Å². The fourth-order valence-corrected chi connectivity index (χ4v) is 4.40. The number of ether oxygens (including phenoxy) is 1. The molecular formula is C18H19NO2S. The zero-order chi connectivity index (χ0) is 14.9. The van der Waals surface area contributed by atoms with Crippen molar-refractivity contribution in [2.24, 2.45) is 0 Å². The normalized spacial score (nSPS) is 21.5. The summed E-state index contributed by atoms with van der Waals surface area (Å²) in [5.41, 5.74) is 2.16. The minimum atomic E-state index is 0.0992. The predicted molar refractivity (Wildman–Crippen MR) is 88.7 cm³/mol. The van der Waals surface area contributed by atoms with Crippen LogP contribution in [-0.4, -0.2) is 12.0 Å². The van der Waals surface area contributed by atoms with E-state index in [1.807, 2.05) is 23.6 Å². The number of thiophene rings is 1. The van der Waals surface area contributed by atoms with Gasteiger partial charge < -0.3 is 10.1 Å². The van der Waals surface area contributed by atoms with Gasteiger partial charge in [-0.1, -0.05) is 12.1 Å². The van der Waals surface area contributed by atoms with Crippen LogP contribution in [0.1, 0.15) is 48.5 Å². The van der Waals surface area contributed by atoms with Gasteiger partial charge in [-0.2, -0.15) is 0 Å². The second kappa shape index (κ2) is 5.76. The van der Waals surface area contributed by atoms with Crippen molar-refractivity contribution in [2.75, 3.05) is 5.32 Å². The summed E-state index contributed by atoms with van der Waals surface area (Å²) >= 11 is 1.71. The van der Waals surface area contributed by atoms with E-state index >= 15 is 0 Å². The highest BCUT2D eigenvalue weighted by molar-refractivity contribution is 7.10. The molecule has 1 aromatic carbocycles. The van der Waals surface area contributed by atoms with E-state index in [2.05, 4.69) is 17.4 Å². The summed E-state index contributed by atoms with van der Waals surface area (Å²) in [6.07, 6.45) is 5.81. The number of amides is 1. The van der Waals surface area contributed by atoms with Crippen LogP contribution >= 0.6 is 11.3 Å². The van der Waals surface area contributed by atoms with Crippen LogP contribution < -0.4 is 10.1 Å². The number of hydrogen-bond donors (Lipinski definition) is 1. The highest BCUT2D eigenvalue weighted by Gasteiger charge is 2.27. The molecule has 0 radical (unpaired) electrons. The van der Waals surface area contributed by atoms with Gasteiger partial charge in [0.15, 0.2) is 0 Å². The number of carbonyl (C=O) groups excluding carboxylic acids is 1. The average molecular weight is 313 g/mol. The summed E-state index contributed by atoms with van der Waals surface area (Å²) in [7, 11) is 0. The lowest BCUT2D eigenvalue weighted by molar-refractivity contribution is -0.116. The molecule has 3 nitrogen and oxygen atoms in total. The summed E-state index contributed by atoms with van der Waals surface area (Å²) < 4.78 is 6.02. The largest absolute Gasteiger partial charge is 0.490 e. The molecule has 1 amide bonds. The van der Waals surface area contributed by atoms with Crippen LogP contribution in [0.2, 0.25) is 0 Å². The first kappa shape index (κ1) is 13.8. The Kier molecular flexibility index (Phi) is 3.62. The van der Waals surface area contributed by atoms with Crippen molar-refractivity contribution in [1.29, 1.82) is 0 Å². The van der Waals surface area contributed by atoms with Crippen LogP contribution in [0.25, 0.3) is 0 Å². The molecule has 1 aliphatic carbocycles. The van der Waals surface area contributed by atoms with Crippen molar-refractivity contribution in [2.45, 2.75) is 44.1 Å². The van der Waals surface area contributed by atoms with Crippen LogP contribution in [0, 0.1) is 0 Å². The first-order valence-corrected chi connectivity index (χ1v) is 8.81. The molecule has 0 bridgehead atoms. The molecule has 4 rings (SSSR count). The Labute approximate surface area is 134 Å². The number of fused-ring (bicyclic) bond motifs is 1. The van der Waals surface area contributed by atoms with Crippen molar-refractivity contribution < 1.29 is 9.53 Å². The summed E-state index contributed by atoms with van der Waals surface area (Å²) in [6.45, 7) is 0. The van der Waals surface area contributed by atoms with Crippen molar-refractivity contribution >= 4 is 22.9 Å². The third-order valence-electron chi connectivity index (χ3n) is 4.56. The molecule has 2 aliphatic rings. The molecule has 2 aromatic rings. The quantitative estimate of drug-likeness (QED) is 0.903. The van der Waals surface area contributed by atoms with Crippen LogP contribution in [-0.2, 0) is 4.79 Å². The lowest BCUT2D eigenvalue weighted by Gasteiger charge is -2.23. The van der Waals surface area contributed by atoms with Gasteiger partial charge in [-0.25, -0.2) is 0 Å². The van der Waals surface area contributed by atoms with Gasteiger partial charge in [-0.05, 0) is 54.8 Å². The van der Waals surface area contributed by atoms with E-state index < -0.39 is 0 Å². The topological polar surface area (TPSA) is 38.3 Å². The highest BCUT2D eigenvalue weighted by Crippen LogP contribution is 2.40. The van der Waals surface area contributed by atoms with Gasteiger partial charge in [0.1, 0.15) is 5.75 Å². The van der Waals surface area contributed by atoms with Gasteiger partial charge in [0.25, 0.3) is 0 Å². The number of rotatable bonds is 3. The molecule has 1 saturated carbocycles. The van der Waals surface area contributed by atoms with E-state index in [0.717, 1.165) is 11.4 Å². The molecule has 0 saturated heterocycles. The molecule has 1 atom stereocenters. The SMILES string of the molecule is O=C1C[C@@H](c2ccc(OC3CCCC3)cc2)c2sccc2N1. The van der Waals surface area contributed by atoms with Crippen LogP contribution in [0.4, 0.5) is 5.69 Å². The molecule has 0 spiro atoms. The van der Waals surface area contributed by atoms with E-state index in [9.17, 15) is 4.79 Å². The summed E-state index contributed by atoms with van der Waals surface area (Å²) in [6, 6.07) is 10.3. The predicted octanol–water partition coefficient (Wildman–Crippen LogP) is 4.54. The standard InChI is InChI=1S/C18H19NO2S/c20-17-11-15(18-16(19-17)9-10-22-18)12-5-7-14(8-6-12)21-13-3-1-2-4-13/h5-10,13,15H,1-4,11H2,(H,19,20)/t15-/m0/s1. The zero-order valence-corrected chi connectivity index (χ0v) is 13.2. The first-order valence-electron chi connectivity index (χ1n) is 7.93. The maximum Gasteiger partial charge on any atom is 0.225 e. The Morgan fingerprint density at radius 2 is 1.86 bits per heavy atom. The number of anilines is 1. The lowest BCUT2D eigenvalue weighted by atomic mass is 9.91. The third-order valence-corrected chi connectivity index (χ3v) is 5.59.